The third-order valence-electron chi connectivity index (χ3n) is 4.42. The number of nitrogens with two attached hydrogens (primary N) is 1. The van der Waals surface area contributed by atoms with Crippen molar-refractivity contribution in [2.75, 3.05) is 0 Å². The maximum atomic E-state index is 13.2. The van der Waals surface area contributed by atoms with Crippen LogP contribution in [0.4, 0.5) is 4.39 Å². The van der Waals surface area contributed by atoms with Gasteiger partial charge in [-0.1, -0.05) is 32.8 Å². The molecule has 0 amide bonds. The van der Waals surface area contributed by atoms with E-state index < -0.39 is 0 Å². The van der Waals surface area contributed by atoms with Crippen molar-refractivity contribution in [2.24, 2.45) is 17.6 Å². The predicted octanol–water partition coefficient (Wildman–Crippen LogP) is 4.52. The lowest BCUT2D eigenvalue weighted by molar-refractivity contribution is 0.202. The van der Waals surface area contributed by atoms with Crippen molar-refractivity contribution in [1.82, 2.24) is 0 Å². The van der Waals surface area contributed by atoms with E-state index in [1.165, 1.54) is 19.3 Å². The van der Waals surface area contributed by atoms with Crippen molar-refractivity contribution in [3.8, 4) is 0 Å². The summed E-state index contributed by atoms with van der Waals surface area (Å²) in [7, 11) is 0. The van der Waals surface area contributed by atoms with Crippen LogP contribution in [-0.4, -0.2) is 0 Å². The number of benzene rings is 1. The second-order valence-corrected chi connectivity index (χ2v) is 6.71. The van der Waals surface area contributed by atoms with Crippen LogP contribution in [0.1, 0.15) is 57.1 Å². The molecule has 0 aromatic heterocycles. The van der Waals surface area contributed by atoms with Crippen LogP contribution in [0.5, 0.6) is 0 Å². The maximum absolute atomic E-state index is 13.2. The average molecular weight is 263 g/mol. The van der Waals surface area contributed by atoms with Crippen LogP contribution in [0, 0.1) is 24.6 Å². The third-order valence-corrected chi connectivity index (χ3v) is 4.42. The zero-order chi connectivity index (χ0) is 14.0. The molecule has 0 bridgehead atoms. The van der Waals surface area contributed by atoms with Crippen LogP contribution >= 0.6 is 0 Å². The normalized spacial score (nSPS) is 27.8. The summed E-state index contributed by atoms with van der Waals surface area (Å²) < 4.78 is 13.2. The summed E-state index contributed by atoms with van der Waals surface area (Å²) in [6.45, 7) is 6.52. The van der Waals surface area contributed by atoms with Crippen molar-refractivity contribution in [1.29, 1.82) is 0 Å². The summed E-state index contributed by atoms with van der Waals surface area (Å²) in [6, 6.07) is 5.04. The predicted molar refractivity (Wildman–Crippen MR) is 78.4 cm³/mol. The van der Waals surface area contributed by atoms with Gasteiger partial charge in [0.25, 0.3) is 0 Å². The molecule has 1 aromatic rings. The van der Waals surface area contributed by atoms with Crippen molar-refractivity contribution >= 4 is 0 Å². The van der Waals surface area contributed by atoms with Crippen LogP contribution in [0.2, 0.25) is 0 Å². The first-order valence-corrected chi connectivity index (χ1v) is 7.46. The Kier molecular flexibility index (Phi) is 4.29. The van der Waals surface area contributed by atoms with Crippen LogP contribution in [0.25, 0.3) is 0 Å². The first kappa shape index (κ1) is 14.5. The molecule has 0 radical (unpaired) electrons. The minimum atomic E-state index is -0.254. The van der Waals surface area contributed by atoms with Crippen molar-refractivity contribution in [3.63, 3.8) is 0 Å². The molecule has 0 saturated heterocycles. The highest BCUT2D eigenvalue weighted by molar-refractivity contribution is 5.33. The van der Waals surface area contributed by atoms with E-state index in [4.69, 9.17) is 5.73 Å². The Bertz CT molecular complexity index is 441. The maximum Gasteiger partial charge on any atom is 0.123 e. The van der Waals surface area contributed by atoms with Crippen LogP contribution < -0.4 is 5.73 Å². The molecule has 2 N–H and O–H groups in total. The Morgan fingerprint density at radius 3 is 2.79 bits per heavy atom. The van der Waals surface area contributed by atoms with Crippen molar-refractivity contribution in [2.45, 2.75) is 58.4 Å². The van der Waals surface area contributed by atoms with Gasteiger partial charge in [0.15, 0.2) is 0 Å². The zero-order valence-electron chi connectivity index (χ0n) is 12.4. The molecule has 1 aliphatic rings. The van der Waals surface area contributed by atoms with E-state index in [9.17, 15) is 4.39 Å². The van der Waals surface area contributed by atoms with E-state index >= 15 is 0 Å². The van der Waals surface area contributed by atoms with E-state index in [0.29, 0.717) is 5.92 Å². The first-order valence-electron chi connectivity index (χ1n) is 7.46. The molecular weight excluding hydrogens is 237 g/mol. The molecular formula is C17H26FN. The van der Waals surface area contributed by atoms with Gasteiger partial charge >= 0.3 is 0 Å². The first-order chi connectivity index (χ1) is 8.90. The second kappa shape index (κ2) is 5.62. The molecule has 0 heterocycles. The van der Waals surface area contributed by atoms with Gasteiger partial charge in [-0.15, -0.1) is 0 Å². The Labute approximate surface area is 116 Å². The standard InChI is InChI=1S/C17H26FN/c1-12(2)9-14-5-4-8-17(19,11-14)16-7-6-15(18)10-13(16)3/h6-7,10,12,14H,4-5,8-9,11,19H2,1-3H3. The highest BCUT2D eigenvalue weighted by atomic mass is 19.1. The van der Waals surface area contributed by atoms with E-state index in [1.54, 1.807) is 12.1 Å². The molecule has 1 fully saturated rings. The summed E-state index contributed by atoms with van der Waals surface area (Å²) in [5.41, 5.74) is 8.55. The van der Waals surface area contributed by atoms with Crippen LogP contribution in [-0.2, 0) is 5.54 Å². The van der Waals surface area contributed by atoms with E-state index in [-0.39, 0.29) is 11.4 Å². The molecule has 1 aliphatic carbocycles. The average Bonchev–Trinajstić information content (AvgIpc) is 2.27. The van der Waals surface area contributed by atoms with Gasteiger partial charge < -0.3 is 5.73 Å². The lowest BCUT2D eigenvalue weighted by atomic mass is 9.70. The number of hydrogen-bond acceptors (Lipinski definition) is 1. The van der Waals surface area contributed by atoms with Gasteiger partial charge in [-0.05, 0) is 61.3 Å². The lowest BCUT2D eigenvalue weighted by Crippen LogP contribution is -2.42. The Morgan fingerprint density at radius 2 is 2.16 bits per heavy atom. The summed E-state index contributed by atoms with van der Waals surface area (Å²) in [6.07, 6.45) is 5.78. The minimum Gasteiger partial charge on any atom is -0.321 e. The fourth-order valence-corrected chi connectivity index (χ4v) is 3.72. The molecule has 2 rings (SSSR count). The van der Waals surface area contributed by atoms with Gasteiger partial charge in [0.05, 0.1) is 0 Å². The smallest absolute Gasteiger partial charge is 0.123 e. The number of aryl methyl sites for hydroxylation is 1. The fourth-order valence-electron chi connectivity index (χ4n) is 3.72. The van der Waals surface area contributed by atoms with Gasteiger partial charge in [-0.2, -0.15) is 0 Å². The number of halogens is 1. The molecule has 2 atom stereocenters. The summed E-state index contributed by atoms with van der Waals surface area (Å²) >= 11 is 0. The molecule has 1 nitrogen and oxygen atoms in total. The van der Waals surface area contributed by atoms with E-state index in [2.05, 4.69) is 13.8 Å². The van der Waals surface area contributed by atoms with Gasteiger partial charge in [-0.25, -0.2) is 4.39 Å². The van der Waals surface area contributed by atoms with E-state index in [1.807, 2.05) is 13.0 Å². The molecule has 19 heavy (non-hydrogen) atoms. The van der Waals surface area contributed by atoms with Crippen LogP contribution in [0.3, 0.4) is 0 Å². The SMILES string of the molecule is Cc1cc(F)ccc1C1(N)CCCC(CC(C)C)C1. The van der Waals surface area contributed by atoms with Gasteiger partial charge in [-0.3, -0.25) is 0 Å². The number of hydrogen-bond donors (Lipinski definition) is 1. The largest absolute Gasteiger partial charge is 0.321 e. The lowest BCUT2D eigenvalue weighted by Gasteiger charge is -2.40. The topological polar surface area (TPSA) is 26.0 Å². The number of rotatable bonds is 3. The quantitative estimate of drug-likeness (QED) is 0.852. The molecule has 106 valence electrons. The summed E-state index contributed by atoms with van der Waals surface area (Å²) in [4.78, 5) is 0. The van der Waals surface area contributed by atoms with Crippen LogP contribution in [0.15, 0.2) is 18.2 Å². The highest BCUT2D eigenvalue weighted by Crippen LogP contribution is 2.41. The minimum absolute atomic E-state index is 0.167. The van der Waals surface area contributed by atoms with Gasteiger partial charge in [0.2, 0.25) is 0 Å². The highest BCUT2D eigenvalue weighted by Gasteiger charge is 2.35. The molecule has 2 heteroatoms. The molecule has 2 unspecified atom stereocenters. The van der Waals surface area contributed by atoms with Crippen molar-refractivity contribution in [3.05, 3.63) is 35.1 Å². The summed E-state index contributed by atoms with van der Waals surface area (Å²) in [5.74, 6) is 1.27. The fraction of sp³-hybridized carbons (Fsp3) is 0.647. The summed E-state index contributed by atoms with van der Waals surface area (Å²) in [5, 5.41) is 0. The molecule has 1 saturated carbocycles. The van der Waals surface area contributed by atoms with Crippen molar-refractivity contribution < 1.29 is 4.39 Å². The monoisotopic (exact) mass is 263 g/mol. The second-order valence-electron chi connectivity index (χ2n) is 6.71. The molecule has 1 aromatic carbocycles. The Hall–Kier alpha value is -0.890. The van der Waals surface area contributed by atoms with E-state index in [0.717, 1.165) is 29.9 Å². The molecule has 0 aliphatic heterocycles. The Balaban J connectivity index is 2.21. The third kappa shape index (κ3) is 3.36. The Morgan fingerprint density at radius 1 is 1.42 bits per heavy atom. The zero-order valence-corrected chi connectivity index (χ0v) is 12.4. The molecule has 0 spiro atoms. The van der Waals surface area contributed by atoms with Gasteiger partial charge in [0.1, 0.15) is 5.82 Å². The van der Waals surface area contributed by atoms with Gasteiger partial charge in [0, 0.05) is 5.54 Å².